The summed E-state index contributed by atoms with van der Waals surface area (Å²) in [6.07, 6.45) is -1.10. The largest absolute Gasteiger partial charge is 0.486 e. The van der Waals surface area contributed by atoms with E-state index < -0.39 is 11.9 Å². The van der Waals surface area contributed by atoms with Crippen molar-refractivity contribution in [3.05, 3.63) is 17.9 Å². The second kappa shape index (κ2) is 3.64. The highest BCUT2D eigenvalue weighted by molar-refractivity contribution is 5.70. The minimum atomic E-state index is -1.10. The van der Waals surface area contributed by atoms with Crippen LogP contribution in [0.15, 0.2) is 12.1 Å². The second-order valence-corrected chi connectivity index (χ2v) is 2.82. The zero-order valence-corrected chi connectivity index (χ0v) is 7.66. The lowest BCUT2D eigenvalue weighted by atomic mass is 10.2. The van der Waals surface area contributed by atoms with Gasteiger partial charge in [-0.2, -0.15) is 0 Å². The van der Waals surface area contributed by atoms with Crippen molar-refractivity contribution in [1.82, 2.24) is 0 Å². The lowest BCUT2D eigenvalue weighted by Gasteiger charge is -2.20. The maximum absolute atomic E-state index is 13.3. The van der Waals surface area contributed by atoms with Crippen LogP contribution in [0.4, 0.5) is 9.18 Å². The van der Waals surface area contributed by atoms with Crippen LogP contribution in [-0.2, 0) is 0 Å². The smallest absolute Gasteiger partial charge is 0.410 e. The quantitative estimate of drug-likeness (QED) is 0.756. The van der Waals surface area contributed by atoms with Gasteiger partial charge in [0, 0.05) is 0 Å². The number of ether oxygens (including phenoxy) is 3. The Morgan fingerprint density at radius 2 is 2.13 bits per heavy atom. The highest BCUT2D eigenvalue weighted by atomic mass is 19.1. The van der Waals surface area contributed by atoms with E-state index in [0.29, 0.717) is 12.4 Å². The van der Waals surface area contributed by atoms with Crippen molar-refractivity contribution in [3.63, 3.8) is 0 Å². The molecule has 5 nitrogen and oxygen atoms in total. The van der Waals surface area contributed by atoms with E-state index in [1.807, 2.05) is 0 Å². The van der Waals surface area contributed by atoms with Crippen LogP contribution in [0.5, 0.6) is 17.2 Å². The van der Waals surface area contributed by atoms with E-state index in [9.17, 15) is 9.18 Å². The van der Waals surface area contributed by atoms with Gasteiger partial charge >= 0.3 is 6.09 Å². The monoisotopic (exact) mass is 213 g/mol. The third-order valence-electron chi connectivity index (χ3n) is 1.82. The molecule has 1 heterocycles. The van der Waals surface area contributed by atoms with Crippen molar-refractivity contribution in [2.75, 3.05) is 13.2 Å². The predicted octanol–water partition coefficient (Wildman–Crippen LogP) is 1.05. The number of primary amides is 1. The van der Waals surface area contributed by atoms with Crippen LogP contribution in [0.3, 0.4) is 0 Å². The Bertz CT molecular complexity index is 407. The van der Waals surface area contributed by atoms with E-state index in [0.717, 1.165) is 6.07 Å². The SMILES string of the molecule is NC(=O)Oc1c(F)ccc2c1OCCO2. The Balaban J connectivity index is 2.45. The number of amides is 1. The fraction of sp³-hybridized carbons (Fsp3) is 0.222. The standard InChI is InChI=1S/C9H8FNO4/c10-5-1-2-6-8(14-4-3-13-6)7(5)15-9(11)12/h1-2H,3-4H2,(H2,11,12). The molecular weight excluding hydrogens is 205 g/mol. The van der Waals surface area contributed by atoms with Crippen LogP contribution in [0, 0.1) is 5.82 Å². The molecule has 6 heteroatoms. The Morgan fingerprint density at radius 3 is 2.87 bits per heavy atom. The van der Waals surface area contributed by atoms with Gasteiger partial charge < -0.3 is 19.9 Å². The minimum absolute atomic E-state index is 0.0695. The van der Waals surface area contributed by atoms with E-state index in [1.54, 1.807) is 0 Å². The number of carbonyl (C=O) groups excluding carboxylic acids is 1. The van der Waals surface area contributed by atoms with Gasteiger partial charge in [0.25, 0.3) is 0 Å². The summed E-state index contributed by atoms with van der Waals surface area (Å²) in [7, 11) is 0. The highest BCUT2D eigenvalue weighted by Gasteiger charge is 2.22. The van der Waals surface area contributed by atoms with Gasteiger partial charge in [0.1, 0.15) is 13.2 Å². The molecule has 1 amide bonds. The molecule has 0 saturated carbocycles. The van der Waals surface area contributed by atoms with Gasteiger partial charge in [-0.1, -0.05) is 0 Å². The van der Waals surface area contributed by atoms with Crippen LogP contribution in [-0.4, -0.2) is 19.3 Å². The van der Waals surface area contributed by atoms with Crippen LogP contribution in [0.2, 0.25) is 0 Å². The van der Waals surface area contributed by atoms with Crippen molar-refractivity contribution in [2.24, 2.45) is 5.73 Å². The molecule has 0 spiro atoms. The number of nitrogens with two attached hydrogens (primary N) is 1. The summed E-state index contributed by atoms with van der Waals surface area (Å²) >= 11 is 0. The number of carbonyl (C=O) groups is 1. The highest BCUT2D eigenvalue weighted by Crippen LogP contribution is 2.40. The fourth-order valence-corrected chi connectivity index (χ4v) is 1.26. The number of fused-ring (bicyclic) bond motifs is 1. The van der Waals surface area contributed by atoms with E-state index in [-0.39, 0.29) is 18.1 Å². The molecular formula is C9H8FNO4. The number of rotatable bonds is 1. The van der Waals surface area contributed by atoms with Gasteiger partial charge in [-0.05, 0) is 12.1 Å². The average Bonchev–Trinajstić information content (AvgIpc) is 2.22. The Labute approximate surface area is 84.5 Å². The zero-order chi connectivity index (χ0) is 10.8. The molecule has 1 aliphatic rings. The average molecular weight is 213 g/mol. The summed E-state index contributed by atoms with van der Waals surface area (Å²) in [4.78, 5) is 10.5. The van der Waals surface area contributed by atoms with Crippen LogP contribution < -0.4 is 19.9 Å². The summed E-state index contributed by atoms with van der Waals surface area (Å²) in [5, 5.41) is 0. The number of hydrogen-bond acceptors (Lipinski definition) is 4. The molecule has 1 aromatic carbocycles. The zero-order valence-electron chi connectivity index (χ0n) is 7.66. The molecule has 0 aromatic heterocycles. The Hall–Kier alpha value is -1.98. The topological polar surface area (TPSA) is 70.8 Å². The molecule has 2 rings (SSSR count). The first kappa shape index (κ1) is 9.57. The molecule has 0 fully saturated rings. The van der Waals surface area contributed by atoms with Gasteiger partial charge in [0.2, 0.25) is 11.5 Å². The van der Waals surface area contributed by atoms with E-state index in [1.165, 1.54) is 6.07 Å². The van der Waals surface area contributed by atoms with Crippen LogP contribution in [0.1, 0.15) is 0 Å². The lowest BCUT2D eigenvalue weighted by Crippen LogP contribution is -2.20. The minimum Gasteiger partial charge on any atom is -0.486 e. The number of benzene rings is 1. The molecule has 0 atom stereocenters. The predicted molar refractivity (Wildman–Crippen MR) is 47.6 cm³/mol. The molecule has 1 aromatic rings. The third kappa shape index (κ3) is 1.78. The molecule has 15 heavy (non-hydrogen) atoms. The van der Waals surface area contributed by atoms with Crippen molar-refractivity contribution in [2.45, 2.75) is 0 Å². The first-order valence-electron chi connectivity index (χ1n) is 4.24. The normalized spacial score (nSPS) is 13.4. The molecule has 0 radical (unpaired) electrons. The summed E-state index contributed by atoms with van der Waals surface area (Å²) in [6, 6.07) is 2.52. The molecule has 0 aliphatic carbocycles. The Kier molecular flexibility index (Phi) is 2.32. The second-order valence-electron chi connectivity index (χ2n) is 2.82. The first-order chi connectivity index (χ1) is 7.18. The maximum Gasteiger partial charge on any atom is 0.410 e. The van der Waals surface area contributed by atoms with Crippen molar-refractivity contribution in [1.29, 1.82) is 0 Å². The lowest BCUT2D eigenvalue weighted by molar-refractivity contribution is 0.160. The molecule has 0 unspecified atom stereocenters. The van der Waals surface area contributed by atoms with Crippen LogP contribution >= 0.6 is 0 Å². The van der Waals surface area contributed by atoms with E-state index in [4.69, 9.17) is 15.2 Å². The van der Waals surface area contributed by atoms with Crippen molar-refractivity contribution < 1.29 is 23.4 Å². The molecule has 1 aliphatic heterocycles. The summed E-state index contributed by atoms with van der Waals surface area (Å²) in [5.74, 6) is -0.656. The van der Waals surface area contributed by atoms with Crippen LogP contribution in [0.25, 0.3) is 0 Å². The number of halogens is 1. The maximum atomic E-state index is 13.3. The summed E-state index contributed by atoms with van der Waals surface area (Å²) < 4.78 is 28.1. The van der Waals surface area contributed by atoms with Gasteiger partial charge in [-0.25, -0.2) is 9.18 Å². The van der Waals surface area contributed by atoms with Crippen molar-refractivity contribution >= 4 is 6.09 Å². The Morgan fingerprint density at radius 1 is 1.40 bits per heavy atom. The molecule has 0 bridgehead atoms. The van der Waals surface area contributed by atoms with E-state index in [2.05, 4.69) is 4.74 Å². The fourth-order valence-electron chi connectivity index (χ4n) is 1.26. The van der Waals surface area contributed by atoms with E-state index >= 15 is 0 Å². The summed E-state index contributed by atoms with van der Waals surface area (Å²) in [6.45, 7) is 0.639. The van der Waals surface area contributed by atoms with Crippen molar-refractivity contribution in [3.8, 4) is 17.2 Å². The summed E-state index contributed by atoms with van der Waals surface area (Å²) in [5.41, 5.74) is 4.80. The molecule has 80 valence electrons. The third-order valence-corrected chi connectivity index (χ3v) is 1.82. The van der Waals surface area contributed by atoms with Gasteiger partial charge in [0.05, 0.1) is 0 Å². The van der Waals surface area contributed by atoms with Gasteiger partial charge in [0.15, 0.2) is 11.6 Å². The number of hydrogen-bond donors (Lipinski definition) is 1. The van der Waals surface area contributed by atoms with Gasteiger partial charge in [-0.15, -0.1) is 0 Å². The van der Waals surface area contributed by atoms with Gasteiger partial charge in [-0.3, -0.25) is 0 Å². The molecule has 0 saturated heterocycles. The molecule has 2 N–H and O–H groups in total. The first-order valence-corrected chi connectivity index (χ1v) is 4.24.